The van der Waals surface area contributed by atoms with E-state index in [4.69, 9.17) is 5.11 Å². The number of carbonyl (C=O) groups excluding carboxylic acids is 1. The third kappa shape index (κ3) is 3.18. The third-order valence-corrected chi connectivity index (χ3v) is 4.11. The summed E-state index contributed by atoms with van der Waals surface area (Å²) in [5.41, 5.74) is 2.21. The zero-order chi connectivity index (χ0) is 14.7. The fraction of sp³-hybridized carbons (Fsp3) is 0.500. The summed E-state index contributed by atoms with van der Waals surface area (Å²) in [5.74, 6) is -1.91. The molecule has 3 atom stereocenters. The van der Waals surface area contributed by atoms with Crippen LogP contribution in [0.15, 0.2) is 24.3 Å². The molecule has 20 heavy (non-hydrogen) atoms. The van der Waals surface area contributed by atoms with E-state index in [1.807, 2.05) is 38.1 Å². The molecular weight excluding hydrogens is 254 g/mol. The molecule has 1 aromatic carbocycles. The topological polar surface area (TPSA) is 66.4 Å². The summed E-state index contributed by atoms with van der Waals surface area (Å²) in [6.45, 7) is 3.94. The highest BCUT2D eigenvalue weighted by atomic mass is 16.4. The number of carboxylic acid groups (broad SMARTS) is 1. The summed E-state index contributed by atoms with van der Waals surface area (Å²) in [4.78, 5) is 23.4. The molecule has 1 saturated carbocycles. The molecule has 1 aliphatic rings. The minimum atomic E-state index is -0.856. The summed E-state index contributed by atoms with van der Waals surface area (Å²) in [5, 5.41) is 12.1. The fourth-order valence-corrected chi connectivity index (χ4v) is 2.83. The van der Waals surface area contributed by atoms with Crippen molar-refractivity contribution in [3.05, 3.63) is 35.4 Å². The number of aliphatic carboxylic acids is 1. The molecule has 1 aromatic rings. The molecule has 4 nitrogen and oxygen atoms in total. The van der Waals surface area contributed by atoms with E-state index in [0.717, 1.165) is 12.0 Å². The molecule has 0 spiro atoms. The van der Waals surface area contributed by atoms with Crippen molar-refractivity contribution >= 4 is 11.9 Å². The molecule has 0 aliphatic heterocycles. The first-order chi connectivity index (χ1) is 9.49. The van der Waals surface area contributed by atoms with Crippen LogP contribution in [-0.2, 0) is 9.59 Å². The molecule has 0 radical (unpaired) electrons. The van der Waals surface area contributed by atoms with Gasteiger partial charge in [-0.15, -0.1) is 0 Å². The molecule has 1 aliphatic carbocycles. The Morgan fingerprint density at radius 1 is 1.20 bits per heavy atom. The maximum atomic E-state index is 12.2. The predicted octanol–water partition coefficient (Wildman–Crippen LogP) is 2.67. The van der Waals surface area contributed by atoms with Gasteiger partial charge in [0, 0.05) is 0 Å². The average Bonchev–Trinajstić information content (AvgIpc) is 2.88. The van der Waals surface area contributed by atoms with Crippen molar-refractivity contribution in [2.45, 2.75) is 39.2 Å². The van der Waals surface area contributed by atoms with Crippen molar-refractivity contribution in [3.8, 4) is 0 Å². The van der Waals surface area contributed by atoms with Crippen LogP contribution in [-0.4, -0.2) is 17.0 Å². The number of amides is 1. The Bertz CT molecular complexity index is 495. The molecule has 1 amide bonds. The molecule has 2 N–H and O–H groups in total. The zero-order valence-electron chi connectivity index (χ0n) is 11.9. The van der Waals surface area contributed by atoms with E-state index < -0.39 is 11.9 Å². The monoisotopic (exact) mass is 275 g/mol. The minimum absolute atomic E-state index is 0.0989. The van der Waals surface area contributed by atoms with Crippen molar-refractivity contribution in [2.24, 2.45) is 11.8 Å². The van der Waals surface area contributed by atoms with E-state index in [1.165, 1.54) is 5.56 Å². The van der Waals surface area contributed by atoms with Crippen LogP contribution in [0.2, 0.25) is 0 Å². The summed E-state index contributed by atoms with van der Waals surface area (Å²) < 4.78 is 0. The van der Waals surface area contributed by atoms with Crippen molar-refractivity contribution in [1.29, 1.82) is 0 Å². The van der Waals surface area contributed by atoms with E-state index in [1.54, 1.807) is 0 Å². The Labute approximate surface area is 119 Å². The second-order valence-corrected chi connectivity index (χ2v) is 5.62. The van der Waals surface area contributed by atoms with Crippen LogP contribution in [0.5, 0.6) is 0 Å². The lowest BCUT2D eigenvalue weighted by molar-refractivity contribution is -0.146. The Balaban J connectivity index is 2.00. The average molecular weight is 275 g/mol. The molecule has 2 rings (SSSR count). The van der Waals surface area contributed by atoms with Gasteiger partial charge >= 0.3 is 5.97 Å². The lowest BCUT2D eigenvalue weighted by Crippen LogP contribution is -2.36. The first kappa shape index (κ1) is 14.6. The minimum Gasteiger partial charge on any atom is -0.481 e. The molecular formula is C16H21NO3. The standard InChI is InChI=1S/C16H21NO3/c1-10-6-8-12(9-7-10)11(2)17-15(18)13-4-3-5-14(13)16(19)20/h6-9,11,13-14H,3-5H2,1-2H3,(H,17,18)(H,19,20)/t11-,13?,14?/m1/s1. The van der Waals surface area contributed by atoms with Gasteiger partial charge in [0.15, 0.2) is 0 Å². The highest BCUT2D eigenvalue weighted by molar-refractivity contribution is 5.85. The molecule has 0 heterocycles. The largest absolute Gasteiger partial charge is 0.481 e. The van der Waals surface area contributed by atoms with Crippen LogP contribution >= 0.6 is 0 Å². The van der Waals surface area contributed by atoms with Gasteiger partial charge in [-0.2, -0.15) is 0 Å². The second kappa shape index (κ2) is 6.07. The number of nitrogens with one attached hydrogen (secondary N) is 1. The van der Waals surface area contributed by atoms with Crippen LogP contribution in [0.3, 0.4) is 0 Å². The zero-order valence-corrected chi connectivity index (χ0v) is 11.9. The van der Waals surface area contributed by atoms with Crippen LogP contribution < -0.4 is 5.32 Å². The molecule has 0 bridgehead atoms. The Hall–Kier alpha value is -1.84. The lowest BCUT2D eigenvalue weighted by atomic mass is 9.94. The molecule has 4 heteroatoms. The third-order valence-electron chi connectivity index (χ3n) is 4.11. The normalized spacial score (nSPS) is 23.3. The Morgan fingerprint density at radius 2 is 1.80 bits per heavy atom. The Morgan fingerprint density at radius 3 is 2.40 bits per heavy atom. The van der Waals surface area contributed by atoms with Crippen molar-refractivity contribution in [2.75, 3.05) is 0 Å². The van der Waals surface area contributed by atoms with Crippen molar-refractivity contribution < 1.29 is 14.7 Å². The van der Waals surface area contributed by atoms with Gasteiger partial charge < -0.3 is 10.4 Å². The Kier molecular flexibility index (Phi) is 4.42. The number of carbonyl (C=O) groups is 2. The molecule has 0 aromatic heterocycles. The van der Waals surface area contributed by atoms with Crippen LogP contribution in [0, 0.1) is 18.8 Å². The number of carboxylic acids is 1. The van der Waals surface area contributed by atoms with Crippen LogP contribution in [0.4, 0.5) is 0 Å². The van der Waals surface area contributed by atoms with Gasteiger partial charge in [-0.3, -0.25) is 9.59 Å². The summed E-state index contributed by atoms with van der Waals surface area (Å²) in [7, 11) is 0. The molecule has 0 saturated heterocycles. The summed E-state index contributed by atoms with van der Waals surface area (Å²) in [6.07, 6.45) is 2.09. The SMILES string of the molecule is Cc1ccc([C@@H](C)NC(=O)C2CCCC2C(=O)O)cc1. The van der Waals surface area contributed by atoms with E-state index in [-0.39, 0.29) is 17.9 Å². The van der Waals surface area contributed by atoms with Gasteiger partial charge in [-0.1, -0.05) is 36.2 Å². The molecule has 108 valence electrons. The van der Waals surface area contributed by atoms with Crippen LogP contribution in [0.1, 0.15) is 43.4 Å². The smallest absolute Gasteiger partial charge is 0.307 e. The maximum absolute atomic E-state index is 12.2. The number of hydrogen-bond acceptors (Lipinski definition) is 2. The van der Waals surface area contributed by atoms with E-state index in [2.05, 4.69) is 5.32 Å². The number of rotatable bonds is 4. The summed E-state index contributed by atoms with van der Waals surface area (Å²) in [6, 6.07) is 7.90. The quantitative estimate of drug-likeness (QED) is 0.887. The highest BCUT2D eigenvalue weighted by Crippen LogP contribution is 2.32. The van der Waals surface area contributed by atoms with Crippen molar-refractivity contribution in [1.82, 2.24) is 5.32 Å². The van der Waals surface area contributed by atoms with Gasteiger partial charge in [0.05, 0.1) is 17.9 Å². The van der Waals surface area contributed by atoms with Gasteiger partial charge in [0.25, 0.3) is 0 Å². The van der Waals surface area contributed by atoms with Crippen molar-refractivity contribution in [3.63, 3.8) is 0 Å². The fourth-order valence-electron chi connectivity index (χ4n) is 2.83. The second-order valence-electron chi connectivity index (χ2n) is 5.62. The number of hydrogen-bond donors (Lipinski definition) is 2. The van der Waals surface area contributed by atoms with E-state index in [0.29, 0.717) is 12.8 Å². The lowest BCUT2D eigenvalue weighted by Gasteiger charge is -2.20. The molecule has 2 unspecified atom stereocenters. The maximum Gasteiger partial charge on any atom is 0.307 e. The van der Waals surface area contributed by atoms with Gasteiger partial charge in [0.1, 0.15) is 0 Å². The highest BCUT2D eigenvalue weighted by Gasteiger charge is 2.38. The first-order valence-electron chi connectivity index (χ1n) is 7.09. The first-order valence-corrected chi connectivity index (χ1v) is 7.09. The van der Waals surface area contributed by atoms with E-state index in [9.17, 15) is 9.59 Å². The van der Waals surface area contributed by atoms with Gasteiger partial charge in [-0.25, -0.2) is 0 Å². The predicted molar refractivity (Wildman–Crippen MR) is 76.2 cm³/mol. The van der Waals surface area contributed by atoms with Gasteiger partial charge in [0.2, 0.25) is 5.91 Å². The number of aryl methyl sites for hydroxylation is 1. The number of benzene rings is 1. The van der Waals surface area contributed by atoms with Gasteiger partial charge in [-0.05, 0) is 32.3 Å². The van der Waals surface area contributed by atoms with E-state index >= 15 is 0 Å². The summed E-state index contributed by atoms with van der Waals surface area (Å²) >= 11 is 0. The molecule has 1 fully saturated rings. The van der Waals surface area contributed by atoms with Crippen LogP contribution in [0.25, 0.3) is 0 Å².